The summed E-state index contributed by atoms with van der Waals surface area (Å²) in [7, 11) is -3.21. The molecule has 0 saturated carbocycles. The van der Waals surface area contributed by atoms with Crippen molar-refractivity contribution in [3.05, 3.63) is 35.4 Å². The van der Waals surface area contributed by atoms with Crippen molar-refractivity contribution < 1.29 is 8.42 Å². The molecule has 0 saturated heterocycles. The third-order valence-electron chi connectivity index (χ3n) is 3.51. The van der Waals surface area contributed by atoms with Crippen LogP contribution in [0.1, 0.15) is 43.5 Å². The molecule has 0 spiro atoms. The van der Waals surface area contributed by atoms with Crippen LogP contribution in [0.3, 0.4) is 0 Å². The van der Waals surface area contributed by atoms with Crippen LogP contribution in [0, 0.1) is 0 Å². The van der Waals surface area contributed by atoms with Gasteiger partial charge in [0.15, 0.2) is 0 Å². The van der Waals surface area contributed by atoms with E-state index in [1.54, 1.807) is 0 Å². The fourth-order valence-corrected chi connectivity index (χ4v) is 3.86. The molecule has 0 bridgehead atoms. The normalized spacial score (nSPS) is 22.8. The van der Waals surface area contributed by atoms with Crippen molar-refractivity contribution in [2.75, 3.05) is 12.8 Å². The van der Waals surface area contributed by atoms with E-state index in [0.717, 1.165) is 6.42 Å². The summed E-state index contributed by atoms with van der Waals surface area (Å²) >= 11 is 0. The summed E-state index contributed by atoms with van der Waals surface area (Å²) in [5.74, 6) is 0. The molecule has 2 atom stereocenters. The predicted molar refractivity (Wildman–Crippen MR) is 80.8 cm³/mol. The number of sulfonamides is 1. The zero-order chi connectivity index (χ0) is 15.0. The number of rotatable bonds is 5. The van der Waals surface area contributed by atoms with E-state index in [2.05, 4.69) is 22.2 Å². The van der Waals surface area contributed by atoms with Crippen molar-refractivity contribution in [2.45, 2.75) is 37.9 Å². The highest BCUT2D eigenvalue weighted by atomic mass is 32.2. The molecule has 5 nitrogen and oxygen atoms in total. The Labute approximate surface area is 121 Å². The van der Waals surface area contributed by atoms with E-state index < -0.39 is 15.6 Å². The lowest BCUT2D eigenvalue weighted by atomic mass is 10.0. The van der Waals surface area contributed by atoms with Gasteiger partial charge in [0.1, 0.15) is 0 Å². The zero-order valence-electron chi connectivity index (χ0n) is 12.2. The van der Waals surface area contributed by atoms with Crippen LogP contribution in [0.2, 0.25) is 0 Å². The standard InChI is InChI=1S/C14H23N3O2S/c1-14(2,17-20(3,18)19)9-16-13-8-12(15)10-6-4-5-7-11(10)13/h4-7,12-13,16-17H,8-9,15H2,1-3H3. The van der Waals surface area contributed by atoms with E-state index in [1.807, 2.05) is 26.0 Å². The third kappa shape index (κ3) is 3.79. The van der Waals surface area contributed by atoms with Gasteiger partial charge in [-0.05, 0) is 31.4 Å². The van der Waals surface area contributed by atoms with Crippen molar-refractivity contribution in [3.8, 4) is 0 Å². The molecular formula is C14H23N3O2S. The Balaban J connectivity index is 2.03. The monoisotopic (exact) mass is 297 g/mol. The number of nitrogens with one attached hydrogen (secondary N) is 2. The Morgan fingerprint density at radius 3 is 2.50 bits per heavy atom. The number of hydrogen-bond acceptors (Lipinski definition) is 4. The second-order valence-corrected chi connectivity index (χ2v) is 7.91. The van der Waals surface area contributed by atoms with E-state index in [-0.39, 0.29) is 12.1 Å². The summed E-state index contributed by atoms with van der Waals surface area (Å²) < 4.78 is 25.3. The van der Waals surface area contributed by atoms with Crippen LogP contribution >= 0.6 is 0 Å². The molecule has 6 heteroatoms. The van der Waals surface area contributed by atoms with E-state index >= 15 is 0 Å². The van der Waals surface area contributed by atoms with Crippen LogP contribution in [0.5, 0.6) is 0 Å². The van der Waals surface area contributed by atoms with E-state index in [0.29, 0.717) is 6.54 Å². The molecular weight excluding hydrogens is 274 g/mol. The summed E-state index contributed by atoms with van der Waals surface area (Å²) in [5, 5.41) is 3.42. The highest BCUT2D eigenvalue weighted by molar-refractivity contribution is 7.88. The Kier molecular flexibility index (Phi) is 4.20. The number of benzene rings is 1. The van der Waals surface area contributed by atoms with Gasteiger partial charge >= 0.3 is 0 Å². The average molecular weight is 297 g/mol. The lowest BCUT2D eigenvalue weighted by Gasteiger charge is -2.27. The fourth-order valence-electron chi connectivity index (χ4n) is 2.78. The molecule has 0 fully saturated rings. The zero-order valence-corrected chi connectivity index (χ0v) is 13.0. The molecule has 20 heavy (non-hydrogen) atoms. The molecule has 2 unspecified atom stereocenters. The van der Waals surface area contributed by atoms with Crippen LogP contribution in [0.25, 0.3) is 0 Å². The Morgan fingerprint density at radius 2 is 1.90 bits per heavy atom. The summed E-state index contributed by atoms with van der Waals surface area (Å²) in [6.07, 6.45) is 2.02. The van der Waals surface area contributed by atoms with Crippen molar-refractivity contribution in [1.29, 1.82) is 0 Å². The van der Waals surface area contributed by atoms with Crippen molar-refractivity contribution in [2.24, 2.45) is 5.73 Å². The quantitative estimate of drug-likeness (QED) is 0.758. The van der Waals surface area contributed by atoms with Gasteiger partial charge in [-0.15, -0.1) is 0 Å². The molecule has 0 aliphatic heterocycles. The molecule has 112 valence electrons. The second kappa shape index (κ2) is 5.44. The van der Waals surface area contributed by atoms with Crippen molar-refractivity contribution >= 4 is 10.0 Å². The molecule has 1 aromatic carbocycles. The van der Waals surface area contributed by atoms with Crippen LogP contribution in [0.4, 0.5) is 0 Å². The van der Waals surface area contributed by atoms with Gasteiger partial charge < -0.3 is 11.1 Å². The van der Waals surface area contributed by atoms with Gasteiger partial charge in [0.05, 0.1) is 6.26 Å². The lowest BCUT2D eigenvalue weighted by Crippen LogP contribution is -2.50. The van der Waals surface area contributed by atoms with Gasteiger partial charge in [-0.1, -0.05) is 24.3 Å². The van der Waals surface area contributed by atoms with Crippen LogP contribution in [-0.4, -0.2) is 26.8 Å². The highest BCUT2D eigenvalue weighted by Crippen LogP contribution is 2.36. The first kappa shape index (κ1) is 15.4. The molecule has 4 N–H and O–H groups in total. The minimum atomic E-state index is -3.21. The Morgan fingerprint density at radius 1 is 1.30 bits per heavy atom. The minimum Gasteiger partial charge on any atom is -0.324 e. The van der Waals surface area contributed by atoms with Crippen LogP contribution in [0.15, 0.2) is 24.3 Å². The summed E-state index contributed by atoms with van der Waals surface area (Å²) in [6, 6.07) is 8.37. The molecule has 1 aliphatic rings. The van der Waals surface area contributed by atoms with E-state index in [4.69, 9.17) is 5.73 Å². The van der Waals surface area contributed by atoms with E-state index in [1.165, 1.54) is 17.4 Å². The smallest absolute Gasteiger partial charge is 0.209 e. The largest absolute Gasteiger partial charge is 0.324 e. The molecule has 0 heterocycles. The molecule has 2 rings (SSSR count). The van der Waals surface area contributed by atoms with Gasteiger partial charge in [0, 0.05) is 24.2 Å². The molecule has 0 aromatic heterocycles. The topological polar surface area (TPSA) is 84.2 Å². The van der Waals surface area contributed by atoms with Crippen LogP contribution in [-0.2, 0) is 10.0 Å². The predicted octanol–water partition coefficient (Wildman–Crippen LogP) is 1.05. The molecule has 1 aliphatic carbocycles. The first-order chi connectivity index (χ1) is 9.18. The minimum absolute atomic E-state index is 0.0506. The summed E-state index contributed by atoms with van der Waals surface area (Å²) in [6.45, 7) is 4.27. The summed E-state index contributed by atoms with van der Waals surface area (Å²) in [5.41, 5.74) is 7.99. The Bertz CT molecular complexity index is 584. The van der Waals surface area contributed by atoms with E-state index in [9.17, 15) is 8.42 Å². The lowest BCUT2D eigenvalue weighted by molar-refractivity contribution is 0.383. The number of fused-ring (bicyclic) bond motifs is 1. The van der Waals surface area contributed by atoms with Gasteiger partial charge in [-0.3, -0.25) is 0 Å². The first-order valence-corrected chi connectivity index (χ1v) is 8.64. The number of nitrogens with two attached hydrogens (primary N) is 1. The van der Waals surface area contributed by atoms with Gasteiger partial charge in [-0.2, -0.15) is 0 Å². The molecule has 1 aromatic rings. The maximum absolute atomic E-state index is 11.3. The average Bonchev–Trinajstić information content (AvgIpc) is 2.62. The third-order valence-corrected chi connectivity index (χ3v) is 4.44. The summed E-state index contributed by atoms with van der Waals surface area (Å²) in [4.78, 5) is 0. The SMILES string of the molecule is CC(C)(CNC1CC(N)c2ccccc21)NS(C)(=O)=O. The first-order valence-electron chi connectivity index (χ1n) is 6.75. The van der Waals surface area contributed by atoms with Crippen molar-refractivity contribution in [3.63, 3.8) is 0 Å². The molecule has 0 amide bonds. The fraction of sp³-hybridized carbons (Fsp3) is 0.571. The van der Waals surface area contributed by atoms with Gasteiger partial charge in [0.2, 0.25) is 10.0 Å². The maximum Gasteiger partial charge on any atom is 0.209 e. The Hall–Kier alpha value is -0.950. The van der Waals surface area contributed by atoms with Gasteiger partial charge in [0.25, 0.3) is 0 Å². The second-order valence-electron chi connectivity index (χ2n) is 6.16. The van der Waals surface area contributed by atoms with Crippen LogP contribution < -0.4 is 15.8 Å². The number of hydrogen-bond donors (Lipinski definition) is 3. The highest BCUT2D eigenvalue weighted by Gasteiger charge is 2.30. The van der Waals surface area contributed by atoms with Gasteiger partial charge in [-0.25, -0.2) is 13.1 Å². The van der Waals surface area contributed by atoms with Crippen molar-refractivity contribution in [1.82, 2.24) is 10.0 Å². The maximum atomic E-state index is 11.3. The molecule has 0 radical (unpaired) electrons.